The van der Waals surface area contributed by atoms with E-state index in [2.05, 4.69) is 4.74 Å². The van der Waals surface area contributed by atoms with Gasteiger partial charge in [0.1, 0.15) is 5.76 Å². The highest BCUT2D eigenvalue weighted by Gasteiger charge is 2.48. The number of nitrogens with zero attached hydrogens (tertiary/aromatic N) is 1. The van der Waals surface area contributed by atoms with Gasteiger partial charge < -0.3 is 14.7 Å². The summed E-state index contributed by atoms with van der Waals surface area (Å²) in [6, 6.07) is 2.17. The van der Waals surface area contributed by atoms with Crippen LogP contribution in [0, 0.1) is 0 Å². The van der Waals surface area contributed by atoms with Crippen LogP contribution in [0.4, 0.5) is 23.7 Å². The molecule has 0 saturated heterocycles. The molecule has 1 unspecified atom stereocenters. The molecular formula is C12H9ClF3NO3. The molecule has 108 valence electrons. The van der Waals surface area contributed by atoms with E-state index in [1.165, 1.54) is 25.2 Å². The van der Waals surface area contributed by atoms with Crippen LogP contribution in [0.25, 0.3) is 6.08 Å². The van der Waals surface area contributed by atoms with Gasteiger partial charge in [-0.05, 0) is 24.3 Å². The highest BCUT2D eigenvalue weighted by atomic mass is 35.5. The molecular weight excluding hydrogens is 299 g/mol. The summed E-state index contributed by atoms with van der Waals surface area (Å²) < 4.78 is 43.5. The minimum atomic E-state index is -4.67. The summed E-state index contributed by atoms with van der Waals surface area (Å²) in [6.45, 7) is 0. The van der Waals surface area contributed by atoms with Crippen molar-refractivity contribution in [2.75, 3.05) is 11.9 Å². The van der Waals surface area contributed by atoms with Crippen LogP contribution in [0.3, 0.4) is 0 Å². The standard InChI is InChI=1S/C12H9ClF3NO3/c1-17-8-3-2-7(13)4-6(8)5-9(20-11(18)19)10(17)12(14,15)16/h2-5,10H,1H3,(H,18,19). The fourth-order valence-electron chi connectivity index (χ4n) is 2.09. The number of anilines is 1. The monoisotopic (exact) mass is 307 g/mol. The molecule has 0 bridgehead atoms. The molecule has 0 aliphatic carbocycles. The van der Waals surface area contributed by atoms with Gasteiger partial charge >= 0.3 is 12.3 Å². The van der Waals surface area contributed by atoms with Crippen molar-refractivity contribution in [1.29, 1.82) is 0 Å². The van der Waals surface area contributed by atoms with Crippen LogP contribution in [0.15, 0.2) is 24.0 Å². The van der Waals surface area contributed by atoms with E-state index in [0.717, 1.165) is 11.0 Å². The SMILES string of the molecule is CN1c2ccc(Cl)cc2C=C(OC(=O)O)C1C(F)(F)F. The van der Waals surface area contributed by atoms with Crippen molar-refractivity contribution in [3.63, 3.8) is 0 Å². The van der Waals surface area contributed by atoms with E-state index in [1.807, 2.05) is 0 Å². The maximum absolute atomic E-state index is 13.1. The van der Waals surface area contributed by atoms with Crippen molar-refractivity contribution >= 4 is 29.5 Å². The lowest BCUT2D eigenvalue weighted by molar-refractivity contribution is -0.146. The van der Waals surface area contributed by atoms with Crippen molar-refractivity contribution in [3.05, 3.63) is 34.5 Å². The fraction of sp³-hybridized carbons (Fsp3) is 0.250. The van der Waals surface area contributed by atoms with Crippen molar-refractivity contribution in [1.82, 2.24) is 0 Å². The van der Waals surface area contributed by atoms with Crippen molar-refractivity contribution < 1.29 is 27.8 Å². The van der Waals surface area contributed by atoms with Gasteiger partial charge in [-0.25, -0.2) is 4.79 Å². The van der Waals surface area contributed by atoms with Crippen LogP contribution >= 0.6 is 11.6 Å². The number of carboxylic acid groups (broad SMARTS) is 1. The molecule has 1 aliphatic rings. The van der Waals surface area contributed by atoms with Gasteiger partial charge in [0.2, 0.25) is 0 Å². The van der Waals surface area contributed by atoms with Gasteiger partial charge in [-0.2, -0.15) is 13.2 Å². The molecule has 0 saturated carbocycles. The van der Waals surface area contributed by atoms with Gasteiger partial charge in [0.05, 0.1) is 0 Å². The first-order valence-corrected chi connectivity index (χ1v) is 5.79. The number of carbonyl (C=O) groups is 1. The molecule has 1 N–H and O–H groups in total. The Morgan fingerprint density at radius 1 is 1.45 bits per heavy atom. The first-order chi connectivity index (χ1) is 9.20. The maximum atomic E-state index is 13.1. The lowest BCUT2D eigenvalue weighted by Crippen LogP contribution is -2.47. The number of halogens is 4. The van der Waals surface area contributed by atoms with Crippen LogP contribution in [0.1, 0.15) is 5.56 Å². The number of ether oxygens (including phenoxy) is 1. The lowest BCUT2D eigenvalue weighted by Gasteiger charge is -2.36. The number of benzene rings is 1. The molecule has 0 aromatic heterocycles. The molecule has 1 aromatic rings. The predicted molar refractivity (Wildman–Crippen MR) is 66.8 cm³/mol. The molecule has 1 heterocycles. The first kappa shape index (κ1) is 14.5. The summed E-state index contributed by atoms with van der Waals surface area (Å²) in [5.74, 6) is -0.706. The zero-order chi connectivity index (χ0) is 15.1. The maximum Gasteiger partial charge on any atom is 0.511 e. The number of hydrogen-bond donors (Lipinski definition) is 1. The molecule has 1 atom stereocenters. The molecule has 2 rings (SSSR count). The van der Waals surface area contributed by atoms with E-state index >= 15 is 0 Å². The van der Waals surface area contributed by atoms with Crippen LogP contribution < -0.4 is 4.90 Å². The third-order valence-corrected chi connectivity index (χ3v) is 3.07. The second-order valence-corrected chi connectivity index (χ2v) is 4.61. The highest BCUT2D eigenvalue weighted by Crippen LogP contribution is 2.40. The minimum absolute atomic E-state index is 0.287. The number of likely N-dealkylation sites (N-methyl/N-ethyl adjacent to an activating group) is 1. The molecule has 0 fully saturated rings. The third-order valence-electron chi connectivity index (χ3n) is 2.84. The van der Waals surface area contributed by atoms with Gasteiger partial charge in [0.15, 0.2) is 6.04 Å². The molecule has 0 radical (unpaired) electrons. The Morgan fingerprint density at radius 2 is 2.10 bits per heavy atom. The topological polar surface area (TPSA) is 49.8 Å². The van der Waals surface area contributed by atoms with E-state index in [1.54, 1.807) is 0 Å². The molecule has 1 aliphatic heterocycles. The summed E-state index contributed by atoms with van der Waals surface area (Å²) in [6.07, 6.45) is -5.44. The van der Waals surface area contributed by atoms with Crippen molar-refractivity contribution in [2.45, 2.75) is 12.2 Å². The van der Waals surface area contributed by atoms with Crippen molar-refractivity contribution in [3.8, 4) is 0 Å². The largest absolute Gasteiger partial charge is 0.511 e. The Labute approximate surface area is 117 Å². The second kappa shape index (κ2) is 4.90. The summed E-state index contributed by atoms with van der Waals surface area (Å²) in [5, 5.41) is 8.89. The van der Waals surface area contributed by atoms with Gasteiger partial charge in [-0.3, -0.25) is 0 Å². The number of fused-ring (bicyclic) bond motifs is 1. The lowest BCUT2D eigenvalue weighted by atomic mass is 10.0. The average molecular weight is 308 g/mol. The Hall–Kier alpha value is -1.89. The van der Waals surface area contributed by atoms with Crippen LogP contribution in [-0.4, -0.2) is 30.5 Å². The summed E-state index contributed by atoms with van der Waals surface area (Å²) >= 11 is 5.78. The average Bonchev–Trinajstić information content (AvgIpc) is 2.25. The van der Waals surface area contributed by atoms with Crippen molar-refractivity contribution in [2.24, 2.45) is 0 Å². The van der Waals surface area contributed by atoms with Gasteiger partial charge in [-0.15, -0.1) is 0 Å². The molecule has 1 aromatic carbocycles. The van der Waals surface area contributed by atoms with Crippen LogP contribution in [0.2, 0.25) is 5.02 Å². The number of rotatable bonds is 1. The smallest absolute Gasteiger partial charge is 0.449 e. The van der Waals surface area contributed by atoms with E-state index in [9.17, 15) is 18.0 Å². The molecule has 8 heteroatoms. The Balaban J connectivity index is 2.56. The molecule has 20 heavy (non-hydrogen) atoms. The van der Waals surface area contributed by atoms with E-state index in [4.69, 9.17) is 16.7 Å². The second-order valence-electron chi connectivity index (χ2n) is 4.17. The van der Waals surface area contributed by atoms with Crippen LogP contribution in [-0.2, 0) is 4.74 Å². The van der Waals surface area contributed by atoms with Gasteiger partial charge in [0, 0.05) is 23.3 Å². The molecule has 0 amide bonds. The van der Waals surface area contributed by atoms with E-state index < -0.39 is 24.1 Å². The summed E-state index contributed by atoms with van der Waals surface area (Å²) in [5.41, 5.74) is 0.645. The number of hydrogen-bond acceptors (Lipinski definition) is 3. The Morgan fingerprint density at radius 3 is 2.65 bits per heavy atom. The highest BCUT2D eigenvalue weighted by molar-refractivity contribution is 6.30. The fourth-order valence-corrected chi connectivity index (χ4v) is 2.27. The molecule has 0 spiro atoms. The van der Waals surface area contributed by atoms with E-state index in [0.29, 0.717) is 10.6 Å². The number of alkyl halides is 3. The Bertz CT molecular complexity index is 586. The summed E-state index contributed by atoms with van der Waals surface area (Å²) in [4.78, 5) is 11.5. The normalized spacial score (nSPS) is 18.4. The first-order valence-electron chi connectivity index (χ1n) is 5.41. The Kier molecular flexibility index (Phi) is 3.56. The predicted octanol–water partition coefficient (Wildman–Crippen LogP) is 3.76. The zero-order valence-corrected chi connectivity index (χ0v) is 10.9. The molecule has 4 nitrogen and oxygen atoms in total. The van der Waals surface area contributed by atoms with E-state index in [-0.39, 0.29) is 5.69 Å². The third kappa shape index (κ3) is 2.67. The van der Waals surface area contributed by atoms with Gasteiger partial charge in [-0.1, -0.05) is 11.6 Å². The minimum Gasteiger partial charge on any atom is -0.449 e. The summed E-state index contributed by atoms with van der Waals surface area (Å²) in [7, 11) is 1.21. The van der Waals surface area contributed by atoms with Gasteiger partial charge in [0.25, 0.3) is 0 Å². The quantitative estimate of drug-likeness (QED) is 0.803. The van der Waals surface area contributed by atoms with Crippen LogP contribution in [0.5, 0.6) is 0 Å². The zero-order valence-electron chi connectivity index (χ0n) is 10.1.